The molecule has 0 fully saturated rings. The lowest BCUT2D eigenvalue weighted by Gasteiger charge is -2.14. The molecule has 2 amide bonds. The van der Waals surface area contributed by atoms with Gasteiger partial charge in [0.2, 0.25) is 5.75 Å². The maximum Gasteiger partial charge on any atom is 0.410 e. The number of carbonyl (C=O) groups is 2. The van der Waals surface area contributed by atoms with Crippen molar-refractivity contribution < 1.29 is 28.9 Å². The van der Waals surface area contributed by atoms with Crippen molar-refractivity contribution in [2.24, 2.45) is 0 Å². The number of ether oxygens (including phenoxy) is 3. The number of nitrogens with zero attached hydrogens (tertiary/aromatic N) is 1. The molecule has 1 aromatic carbocycles. The summed E-state index contributed by atoms with van der Waals surface area (Å²) in [7, 11) is 4.43. The number of thiazole rings is 1. The number of benzene rings is 1. The van der Waals surface area contributed by atoms with Crippen LogP contribution in [-0.2, 0) is 0 Å². The molecule has 0 aliphatic rings. The second-order valence-electron chi connectivity index (χ2n) is 4.73. The first-order valence-corrected chi connectivity index (χ1v) is 7.80. The molecule has 3 N–H and O–H groups in total. The summed E-state index contributed by atoms with van der Waals surface area (Å²) in [5, 5.41) is 13.7. The van der Waals surface area contributed by atoms with Gasteiger partial charge in [-0.1, -0.05) is 11.3 Å². The highest BCUT2D eigenvalue weighted by Gasteiger charge is 2.19. The standard InChI is InChI=1S/C15H17N3O6S/c1-7-12(25-14(16-7)18-15(20)21)13(19)17-8-5-9(22-2)11(24-4)10(6-8)23-3/h5-6H,1-4H3,(H,16,18)(H,17,19)(H,20,21). The molecule has 10 heteroatoms. The molecule has 0 saturated heterocycles. The zero-order chi connectivity index (χ0) is 18.6. The normalized spacial score (nSPS) is 10.1. The Labute approximate surface area is 147 Å². The van der Waals surface area contributed by atoms with Gasteiger partial charge in [0.05, 0.1) is 27.0 Å². The lowest BCUT2D eigenvalue weighted by molar-refractivity contribution is 0.102. The van der Waals surface area contributed by atoms with Crippen molar-refractivity contribution in [2.75, 3.05) is 32.0 Å². The molecule has 2 aromatic rings. The first kappa shape index (κ1) is 18.3. The number of hydrogen-bond acceptors (Lipinski definition) is 7. The van der Waals surface area contributed by atoms with Crippen LogP contribution >= 0.6 is 11.3 Å². The van der Waals surface area contributed by atoms with Crippen molar-refractivity contribution in [3.8, 4) is 17.2 Å². The van der Waals surface area contributed by atoms with Crippen LogP contribution < -0.4 is 24.8 Å². The highest BCUT2D eigenvalue weighted by atomic mass is 32.1. The third-order valence-corrected chi connectivity index (χ3v) is 4.21. The molecule has 134 valence electrons. The lowest BCUT2D eigenvalue weighted by Crippen LogP contribution is -2.12. The van der Waals surface area contributed by atoms with Gasteiger partial charge < -0.3 is 24.6 Å². The minimum Gasteiger partial charge on any atom is -0.493 e. The lowest BCUT2D eigenvalue weighted by atomic mass is 10.2. The van der Waals surface area contributed by atoms with Crippen molar-refractivity contribution in [1.29, 1.82) is 0 Å². The number of carboxylic acid groups (broad SMARTS) is 1. The number of nitrogens with one attached hydrogen (secondary N) is 2. The van der Waals surface area contributed by atoms with E-state index in [0.717, 1.165) is 11.3 Å². The summed E-state index contributed by atoms with van der Waals surface area (Å²) >= 11 is 0.940. The van der Waals surface area contributed by atoms with Gasteiger partial charge in [-0.05, 0) is 6.92 Å². The number of carbonyl (C=O) groups excluding carboxylic acids is 1. The predicted molar refractivity (Wildman–Crippen MR) is 92.5 cm³/mol. The van der Waals surface area contributed by atoms with Gasteiger partial charge in [-0.3, -0.25) is 10.1 Å². The second-order valence-corrected chi connectivity index (χ2v) is 5.73. The second kappa shape index (κ2) is 7.71. The van der Waals surface area contributed by atoms with Gasteiger partial charge in [-0.25, -0.2) is 9.78 Å². The van der Waals surface area contributed by atoms with Crippen LogP contribution in [-0.4, -0.2) is 43.4 Å². The monoisotopic (exact) mass is 367 g/mol. The molecule has 0 saturated carbocycles. The number of amides is 2. The van der Waals surface area contributed by atoms with E-state index in [0.29, 0.717) is 28.6 Å². The maximum atomic E-state index is 12.5. The van der Waals surface area contributed by atoms with E-state index in [1.807, 2.05) is 0 Å². The summed E-state index contributed by atoms with van der Waals surface area (Å²) in [6.07, 6.45) is -1.25. The van der Waals surface area contributed by atoms with E-state index in [1.165, 1.54) is 21.3 Å². The highest BCUT2D eigenvalue weighted by Crippen LogP contribution is 2.40. The Hall–Kier alpha value is -3.01. The zero-order valence-corrected chi connectivity index (χ0v) is 14.8. The SMILES string of the molecule is COc1cc(NC(=O)c2sc(NC(=O)O)nc2C)cc(OC)c1OC. The van der Waals surface area contributed by atoms with Crippen LogP contribution in [0.1, 0.15) is 15.4 Å². The van der Waals surface area contributed by atoms with E-state index >= 15 is 0 Å². The van der Waals surface area contributed by atoms with Crippen LogP contribution in [0.25, 0.3) is 0 Å². The molecule has 1 aromatic heterocycles. The number of rotatable bonds is 6. The minimum absolute atomic E-state index is 0.125. The Balaban J connectivity index is 2.29. The molecule has 1 heterocycles. The van der Waals surface area contributed by atoms with E-state index in [-0.39, 0.29) is 10.0 Å². The molecule has 0 aliphatic carbocycles. The third kappa shape index (κ3) is 4.10. The summed E-state index contributed by atoms with van der Waals surface area (Å²) in [4.78, 5) is 27.4. The van der Waals surface area contributed by atoms with Crippen LogP contribution in [0.4, 0.5) is 15.6 Å². The van der Waals surface area contributed by atoms with Crippen LogP contribution in [0.15, 0.2) is 12.1 Å². The highest BCUT2D eigenvalue weighted by molar-refractivity contribution is 7.17. The van der Waals surface area contributed by atoms with Gasteiger partial charge >= 0.3 is 6.09 Å². The fourth-order valence-electron chi connectivity index (χ4n) is 2.09. The molecule has 0 spiro atoms. The quantitative estimate of drug-likeness (QED) is 0.718. The van der Waals surface area contributed by atoms with E-state index in [4.69, 9.17) is 19.3 Å². The average Bonchev–Trinajstić information content (AvgIpc) is 2.93. The first-order valence-electron chi connectivity index (χ1n) is 6.98. The number of anilines is 2. The Kier molecular flexibility index (Phi) is 5.65. The Morgan fingerprint density at radius 1 is 1.08 bits per heavy atom. The predicted octanol–water partition coefficient (Wildman–Crippen LogP) is 2.82. The summed E-state index contributed by atoms with van der Waals surface area (Å²) in [5.74, 6) is 0.769. The fraction of sp³-hybridized carbons (Fsp3) is 0.267. The Morgan fingerprint density at radius 2 is 1.68 bits per heavy atom. The van der Waals surface area contributed by atoms with Gasteiger partial charge in [0.1, 0.15) is 4.88 Å². The summed E-state index contributed by atoms with van der Waals surface area (Å²) in [6.45, 7) is 1.62. The molecule has 9 nitrogen and oxygen atoms in total. The molecule has 0 radical (unpaired) electrons. The van der Waals surface area contributed by atoms with Gasteiger partial charge in [0.25, 0.3) is 5.91 Å². The van der Waals surface area contributed by atoms with Gasteiger partial charge in [0, 0.05) is 17.8 Å². The first-order chi connectivity index (χ1) is 11.9. The molecule has 0 aliphatic heterocycles. The van der Waals surface area contributed by atoms with E-state index in [9.17, 15) is 9.59 Å². The van der Waals surface area contributed by atoms with E-state index in [1.54, 1.807) is 19.1 Å². The minimum atomic E-state index is -1.25. The number of aromatic nitrogens is 1. The number of aryl methyl sites for hydroxylation is 1. The van der Waals surface area contributed by atoms with Gasteiger partial charge in [0.15, 0.2) is 16.6 Å². The molecule has 2 rings (SSSR count). The Morgan fingerprint density at radius 3 is 2.16 bits per heavy atom. The van der Waals surface area contributed by atoms with Gasteiger partial charge in [-0.2, -0.15) is 0 Å². The van der Waals surface area contributed by atoms with E-state index in [2.05, 4.69) is 15.6 Å². The van der Waals surface area contributed by atoms with Crippen molar-refractivity contribution in [1.82, 2.24) is 4.98 Å². The van der Waals surface area contributed by atoms with Gasteiger partial charge in [-0.15, -0.1) is 0 Å². The number of methoxy groups -OCH3 is 3. The van der Waals surface area contributed by atoms with E-state index < -0.39 is 12.0 Å². The van der Waals surface area contributed by atoms with Crippen molar-refractivity contribution in [2.45, 2.75) is 6.92 Å². The number of hydrogen-bond donors (Lipinski definition) is 3. The molecular weight excluding hydrogens is 350 g/mol. The molecule has 0 unspecified atom stereocenters. The van der Waals surface area contributed by atoms with Crippen LogP contribution in [0.2, 0.25) is 0 Å². The Bertz CT molecular complexity index is 780. The molecule has 0 bridgehead atoms. The largest absolute Gasteiger partial charge is 0.493 e. The average molecular weight is 367 g/mol. The molecular formula is C15H17N3O6S. The van der Waals surface area contributed by atoms with Crippen molar-refractivity contribution in [3.05, 3.63) is 22.7 Å². The summed E-state index contributed by atoms with van der Waals surface area (Å²) in [6, 6.07) is 3.18. The molecule has 0 atom stereocenters. The fourth-order valence-corrected chi connectivity index (χ4v) is 2.94. The third-order valence-electron chi connectivity index (χ3n) is 3.14. The van der Waals surface area contributed by atoms with Crippen molar-refractivity contribution in [3.63, 3.8) is 0 Å². The molecule has 25 heavy (non-hydrogen) atoms. The maximum absolute atomic E-state index is 12.5. The van der Waals surface area contributed by atoms with Crippen molar-refractivity contribution >= 4 is 34.2 Å². The summed E-state index contributed by atoms with van der Waals surface area (Å²) in [5.41, 5.74) is 0.846. The zero-order valence-electron chi connectivity index (χ0n) is 14.0. The summed E-state index contributed by atoms with van der Waals surface area (Å²) < 4.78 is 15.7. The van der Waals surface area contributed by atoms with Crippen LogP contribution in [0, 0.1) is 6.92 Å². The van der Waals surface area contributed by atoms with Crippen LogP contribution in [0.5, 0.6) is 17.2 Å². The smallest absolute Gasteiger partial charge is 0.410 e. The topological polar surface area (TPSA) is 119 Å². The van der Waals surface area contributed by atoms with Crippen LogP contribution in [0.3, 0.4) is 0 Å².